The molecule has 24 heavy (non-hydrogen) atoms. The second-order valence-corrected chi connectivity index (χ2v) is 5.14. The number of aromatic nitrogens is 1. The molecule has 0 aliphatic rings. The normalized spacial score (nSPS) is 9.62. The van der Waals surface area contributed by atoms with Crippen LogP contribution in [0.2, 0.25) is 5.02 Å². The summed E-state index contributed by atoms with van der Waals surface area (Å²) in [6.07, 6.45) is 3.62. The molecule has 2 aromatic rings. The van der Waals surface area contributed by atoms with Crippen LogP contribution >= 0.6 is 36.4 Å². The number of rotatable bonds is 8. The van der Waals surface area contributed by atoms with Gasteiger partial charge in [0.25, 0.3) is 0 Å². The van der Waals surface area contributed by atoms with Gasteiger partial charge in [0.2, 0.25) is 0 Å². The maximum absolute atomic E-state index is 6.30. The first-order chi connectivity index (χ1) is 10.7. The molecule has 0 unspecified atom stereocenters. The van der Waals surface area contributed by atoms with Crippen LogP contribution < -0.4 is 14.8 Å². The van der Waals surface area contributed by atoms with Gasteiger partial charge in [0.1, 0.15) is 0 Å². The molecule has 1 aromatic heterocycles. The third-order valence-corrected chi connectivity index (χ3v) is 3.32. The van der Waals surface area contributed by atoms with Gasteiger partial charge in [0, 0.05) is 25.5 Å². The lowest BCUT2D eigenvalue weighted by Gasteiger charge is -2.14. The standard InChI is InChI=1S/C17H21ClN2O2.2ClH/c1-3-21-16-9-14(8-15(18)17(16)22-4-2)12-20-11-13-6-5-7-19-10-13;;/h5-10,20H,3-4,11-12H2,1-2H3;2*1H. The summed E-state index contributed by atoms with van der Waals surface area (Å²) in [5.74, 6) is 1.30. The summed E-state index contributed by atoms with van der Waals surface area (Å²) in [4.78, 5) is 4.10. The average Bonchev–Trinajstić information content (AvgIpc) is 2.52. The zero-order valence-electron chi connectivity index (χ0n) is 13.8. The van der Waals surface area contributed by atoms with Gasteiger partial charge in [-0.3, -0.25) is 4.98 Å². The van der Waals surface area contributed by atoms with Gasteiger partial charge in [0.15, 0.2) is 11.5 Å². The minimum Gasteiger partial charge on any atom is -0.490 e. The molecule has 0 fully saturated rings. The Kier molecular flexibility index (Phi) is 11.6. The molecule has 0 aliphatic carbocycles. The van der Waals surface area contributed by atoms with Crippen molar-refractivity contribution < 1.29 is 9.47 Å². The first-order valence-corrected chi connectivity index (χ1v) is 7.80. The molecule has 134 valence electrons. The van der Waals surface area contributed by atoms with Gasteiger partial charge in [-0.05, 0) is 43.2 Å². The van der Waals surface area contributed by atoms with Crippen molar-refractivity contribution in [1.82, 2.24) is 10.3 Å². The number of hydrogen-bond donors (Lipinski definition) is 1. The summed E-state index contributed by atoms with van der Waals surface area (Å²) in [5.41, 5.74) is 2.20. The van der Waals surface area contributed by atoms with Crippen LogP contribution in [-0.4, -0.2) is 18.2 Å². The largest absolute Gasteiger partial charge is 0.490 e. The van der Waals surface area contributed by atoms with Crippen LogP contribution in [-0.2, 0) is 13.1 Å². The monoisotopic (exact) mass is 392 g/mol. The molecule has 0 radical (unpaired) electrons. The van der Waals surface area contributed by atoms with Crippen molar-refractivity contribution in [3.63, 3.8) is 0 Å². The molecule has 0 aliphatic heterocycles. The van der Waals surface area contributed by atoms with Crippen molar-refractivity contribution in [3.05, 3.63) is 52.8 Å². The zero-order valence-corrected chi connectivity index (χ0v) is 16.1. The quantitative estimate of drug-likeness (QED) is 0.708. The third kappa shape index (κ3) is 6.73. The molecular weight excluding hydrogens is 371 g/mol. The molecule has 0 saturated carbocycles. The van der Waals surface area contributed by atoms with Crippen molar-refractivity contribution in [2.75, 3.05) is 13.2 Å². The summed E-state index contributed by atoms with van der Waals surface area (Å²) < 4.78 is 11.2. The second-order valence-electron chi connectivity index (χ2n) is 4.74. The molecule has 7 heteroatoms. The fourth-order valence-corrected chi connectivity index (χ4v) is 2.41. The van der Waals surface area contributed by atoms with E-state index in [9.17, 15) is 0 Å². The van der Waals surface area contributed by atoms with Crippen molar-refractivity contribution in [2.24, 2.45) is 0 Å². The van der Waals surface area contributed by atoms with E-state index in [0.29, 0.717) is 36.3 Å². The van der Waals surface area contributed by atoms with Crippen LogP contribution in [0.4, 0.5) is 0 Å². The first-order valence-electron chi connectivity index (χ1n) is 7.42. The van der Waals surface area contributed by atoms with E-state index in [4.69, 9.17) is 21.1 Å². The van der Waals surface area contributed by atoms with E-state index >= 15 is 0 Å². The third-order valence-electron chi connectivity index (χ3n) is 3.04. The Labute approximate surface area is 160 Å². The molecule has 1 heterocycles. The Morgan fingerprint density at radius 3 is 2.38 bits per heavy atom. The van der Waals surface area contributed by atoms with Gasteiger partial charge in [-0.25, -0.2) is 0 Å². The van der Waals surface area contributed by atoms with Gasteiger partial charge in [-0.2, -0.15) is 0 Å². The smallest absolute Gasteiger partial charge is 0.179 e. The number of pyridine rings is 1. The number of halogens is 3. The molecule has 4 nitrogen and oxygen atoms in total. The molecule has 0 atom stereocenters. The Hall–Kier alpha value is -1.20. The zero-order chi connectivity index (χ0) is 15.8. The number of nitrogens with one attached hydrogen (secondary N) is 1. The minimum atomic E-state index is 0. The van der Waals surface area contributed by atoms with Crippen LogP contribution in [0, 0.1) is 0 Å². The van der Waals surface area contributed by atoms with E-state index in [2.05, 4.69) is 10.3 Å². The summed E-state index contributed by atoms with van der Waals surface area (Å²) in [6, 6.07) is 7.84. The number of nitrogens with zero attached hydrogens (tertiary/aromatic N) is 1. The van der Waals surface area contributed by atoms with Crippen LogP contribution in [0.3, 0.4) is 0 Å². The molecule has 1 N–H and O–H groups in total. The summed E-state index contributed by atoms with van der Waals surface area (Å²) in [7, 11) is 0. The van der Waals surface area contributed by atoms with Gasteiger partial charge >= 0.3 is 0 Å². The second kappa shape index (κ2) is 12.2. The number of benzene rings is 1. The van der Waals surface area contributed by atoms with Gasteiger partial charge in [-0.15, -0.1) is 24.8 Å². The lowest BCUT2D eigenvalue weighted by Crippen LogP contribution is -2.13. The van der Waals surface area contributed by atoms with E-state index in [1.54, 1.807) is 6.20 Å². The maximum Gasteiger partial charge on any atom is 0.179 e. The molecule has 0 spiro atoms. The van der Waals surface area contributed by atoms with Gasteiger partial charge in [-0.1, -0.05) is 17.7 Å². The fraction of sp³-hybridized carbons (Fsp3) is 0.353. The Morgan fingerprint density at radius 1 is 1.04 bits per heavy atom. The molecule has 2 rings (SSSR count). The predicted molar refractivity (Wildman–Crippen MR) is 103 cm³/mol. The average molecular weight is 394 g/mol. The molecule has 0 bridgehead atoms. The summed E-state index contributed by atoms with van der Waals surface area (Å²) in [6.45, 7) is 6.44. The predicted octanol–water partition coefficient (Wildman–Crippen LogP) is 4.67. The Bertz CT molecular complexity index is 598. The SMILES string of the molecule is CCOc1cc(CNCc2cccnc2)cc(Cl)c1OCC.Cl.Cl. The number of hydrogen-bond acceptors (Lipinski definition) is 4. The van der Waals surface area contributed by atoms with Crippen molar-refractivity contribution in [3.8, 4) is 11.5 Å². The molecular formula is C17H23Cl3N2O2. The molecule has 0 saturated heterocycles. The van der Waals surface area contributed by atoms with Crippen molar-refractivity contribution >= 4 is 36.4 Å². The number of ether oxygens (including phenoxy) is 2. The lowest BCUT2D eigenvalue weighted by molar-refractivity contribution is 0.287. The Morgan fingerprint density at radius 2 is 1.75 bits per heavy atom. The highest BCUT2D eigenvalue weighted by atomic mass is 35.5. The topological polar surface area (TPSA) is 43.4 Å². The minimum absolute atomic E-state index is 0. The van der Waals surface area contributed by atoms with Crippen LogP contribution in [0.5, 0.6) is 11.5 Å². The van der Waals surface area contributed by atoms with E-state index in [0.717, 1.165) is 17.7 Å². The van der Waals surface area contributed by atoms with Crippen LogP contribution in [0.15, 0.2) is 36.7 Å². The fourth-order valence-electron chi connectivity index (χ4n) is 2.12. The maximum atomic E-state index is 6.30. The van der Waals surface area contributed by atoms with E-state index in [1.165, 1.54) is 0 Å². The summed E-state index contributed by atoms with van der Waals surface area (Å²) in [5, 5.41) is 3.95. The van der Waals surface area contributed by atoms with Crippen molar-refractivity contribution in [1.29, 1.82) is 0 Å². The highest BCUT2D eigenvalue weighted by molar-refractivity contribution is 6.32. The molecule has 1 aromatic carbocycles. The van der Waals surface area contributed by atoms with Crippen LogP contribution in [0.25, 0.3) is 0 Å². The van der Waals surface area contributed by atoms with Gasteiger partial charge in [0.05, 0.1) is 18.2 Å². The van der Waals surface area contributed by atoms with Crippen LogP contribution in [0.1, 0.15) is 25.0 Å². The Balaban J connectivity index is 0.00000264. The lowest BCUT2D eigenvalue weighted by atomic mass is 10.2. The summed E-state index contributed by atoms with van der Waals surface area (Å²) >= 11 is 6.30. The first kappa shape index (κ1) is 22.8. The van der Waals surface area contributed by atoms with E-state index in [1.807, 2.05) is 44.3 Å². The van der Waals surface area contributed by atoms with Gasteiger partial charge < -0.3 is 14.8 Å². The van der Waals surface area contributed by atoms with Crippen molar-refractivity contribution in [2.45, 2.75) is 26.9 Å². The highest BCUT2D eigenvalue weighted by Crippen LogP contribution is 2.36. The van der Waals surface area contributed by atoms with E-state index in [-0.39, 0.29) is 24.8 Å². The van der Waals surface area contributed by atoms with E-state index < -0.39 is 0 Å². The highest BCUT2D eigenvalue weighted by Gasteiger charge is 2.12. The molecule has 0 amide bonds.